The lowest BCUT2D eigenvalue weighted by atomic mass is 10.3. The lowest BCUT2D eigenvalue weighted by molar-refractivity contribution is -0.384. The average molecular weight is 256 g/mol. The highest BCUT2D eigenvalue weighted by atomic mass is 16.6. The Hall–Kier alpha value is -2.12. The fourth-order valence-corrected chi connectivity index (χ4v) is 1.81. The molecule has 0 atom stereocenters. The van der Waals surface area contributed by atoms with Crippen molar-refractivity contribution in [3.63, 3.8) is 0 Å². The molecule has 0 unspecified atom stereocenters. The molecule has 0 saturated heterocycles. The van der Waals surface area contributed by atoms with E-state index in [-0.39, 0.29) is 18.1 Å². The quantitative estimate of drug-likeness (QED) is 0.602. The lowest BCUT2D eigenvalue weighted by Crippen LogP contribution is -2.31. The Kier molecular flexibility index (Phi) is 4.24. The summed E-state index contributed by atoms with van der Waals surface area (Å²) >= 11 is 0. The number of hydrogen-bond acceptors (Lipinski definition) is 5. The minimum Gasteiger partial charge on any atom is -0.480 e. The zero-order valence-electron chi connectivity index (χ0n) is 10.6. The average Bonchev–Trinajstić information content (AvgIpc) is 2.62. The SMILES string of the molecule is CCN(CC(=O)O)c1c([N+](=O)[O-])c(C)nn1CC. The number of rotatable bonds is 6. The maximum absolute atomic E-state index is 11.1. The third-order valence-electron chi connectivity index (χ3n) is 2.56. The van der Waals surface area contributed by atoms with E-state index in [4.69, 9.17) is 5.11 Å². The highest BCUT2D eigenvalue weighted by Gasteiger charge is 2.29. The van der Waals surface area contributed by atoms with Crippen LogP contribution >= 0.6 is 0 Å². The first-order chi connectivity index (χ1) is 8.42. The summed E-state index contributed by atoms with van der Waals surface area (Å²) in [4.78, 5) is 22.8. The summed E-state index contributed by atoms with van der Waals surface area (Å²) in [6, 6.07) is 0. The van der Waals surface area contributed by atoms with Crippen LogP contribution in [0.1, 0.15) is 19.5 Å². The van der Waals surface area contributed by atoms with E-state index in [1.165, 1.54) is 9.58 Å². The van der Waals surface area contributed by atoms with Crippen LogP contribution in [-0.4, -0.2) is 38.9 Å². The van der Waals surface area contributed by atoms with E-state index in [9.17, 15) is 14.9 Å². The number of nitrogens with zero attached hydrogens (tertiary/aromatic N) is 4. The van der Waals surface area contributed by atoms with Crippen molar-refractivity contribution < 1.29 is 14.8 Å². The number of carboxylic acids is 1. The molecule has 1 rings (SSSR count). The van der Waals surface area contributed by atoms with Gasteiger partial charge in [0.25, 0.3) is 0 Å². The third kappa shape index (κ3) is 2.58. The molecule has 8 nitrogen and oxygen atoms in total. The molecule has 1 aromatic rings. The standard InChI is InChI=1S/C10H16N4O4/c1-4-12(6-8(15)16)10-9(14(17)18)7(3)11-13(10)5-2/h4-6H2,1-3H3,(H,15,16). The van der Waals surface area contributed by atoms with Crippen molar-refractivity contribution in [2.75, 3.05) is 18.0 Å². The second kappa shape index (κ2) is 5.48. The second-order valence-electron chi connectivity index (χ2n) is 3.74. The van der Waals surface area contributed by atoms with Crippen LogP contribution in [0.4, 0.5) is 11.5 Å². The fraction of sp³-hybridized carbons (Fsp3) is 0.600. The van der Waals surface area contributed by atoms with E-state index in [2.05, 4.69) is 5.10 Å². The van der Waals surface area contributed by atoms with Gasteiger partial charge >= 0.3 is 11.7 Å². The maximum atomic E-state index is 11.1. The van der Waals surface area contributed by atoms with Gasteiger partial charge in [0.1, 0.15) is 12.2 Å². The third-order valence-corrected chi connectivity index (χ3v) is 2.56. The highest BCUT2D eigenvalue weighted by Crippen LogP contribution is 2.31. The Bertz CT molecular complexity index is 469. The number of anilines is 1. The molecule has 0 radical (unpaired) electrons. The Labute approximate surface area is 104 Å². The summed E-state index contributed by atoms with van der Waals surface area (Å²) in [5, 5.41) is 24.0. The van der Waals surface area contributed by atoms with Crippen molar-refractivity contribution in [3.05, 3.63) is 15.8 Å². The topological polar surface area (TPSA) is 102 Å². The molecule has 0 fully saturated rings. The second-order valence-corrected chi connectivity index (χ2v) is 3.74. The molecule has 100 valence electrons. The summed E-state index contributed by atoms with van der Waals surface area (Å²) in [6.07, 6.45) is 0. The van der Waals surface area contributed by atoms with Crippen molar-refractivity contribution in [3.8, 4) is 0 Å². The van der Waals surface area contributed by atoms with E-state index in [0.717, 1.165) is 0 Å². The van der Waals surface area contributed by atoms with Crippen molar-refractivity contribution in [1.29, 1.82) is 0 Å². The zero-order chi connectivity index (χ0) is 13.9. The number of carbonyl (C=O) groups is 1. The molecule has 0 aliphatic heterocycles. The first-order valence-corrected chi connectivity index (χ1v) is 5.60. The van der Waals surface area contributed by atoms with E-state index < -0.39 is 10.9 Å². The summed E-state index contributed by atoms with van der Waals surface area (Å²) < 4.78 is 1.46. The lowest BCUT2D eigenvalue weighted by Gasteiger charge is -2.20. The minimum absolute atomic E-state index is 0.125. The predicted molar refractivity (Wildman–Crippen MR) is 64.8 cm³/mol. The van der Waals surface area contributed by atoms with Crippen LogP contribution in [0.15, 0.2) is 0 Å². The normalized spacial score (nSPS) is 10.4. The molecular formula is C10H16N4O4. The first kappa shape index (κ1) is 13.9. The van der Waals surface area contributed by atoms with Gasteiger partial charge in [-0.1, -0.05) is 0 Å². The summed E-state index contributed by atoms with van der Waals surface area (Å²) in [5.74, 6) is -0.780. The number of hydrogen-bond donors (Lipinski definition) is 1. The molecule has 0 aliphatic rings. The monoisotopic (exact) mass is 256 g/mol. The van der Waals surface area contributed by atoms with Crippen molar-refractivity contribution in [2.45, 2.75) is 27.3 Å². The van der Waals surface area contributed by atoms with E-state index in [1.807, 2.05) is 0 Å². The Morgan fingerprint density at radius 3 is 2.56 bits per heavy atom. The molecule has 0 aliphatic carbocycles. The molecular weight excluding hydrogens is 240 g/mol. The first-order valence-electron chi connectivity index (χ1n) is 5.60. The fourth-order valence-electron chi connectivity index (χ4n) is 1.81. The molecule has 8 heteroatoms. The van der Waals surface area contributed by atoms with E-state index in [1.54, 1.807) is 20.8 Å². The largest absolute Gasteiger partial charge is 0.480 e. The predicted octanol–water partition coefficient (Wildman–Crippen LogP) is 1.03. The van der Waals surface area contributed by atoms with Gasteiger partial charge in [0.05, 0.1) is 4.92 Å². The van der Waals surface area contributed by atoms with Gasteiger partial charge in [0.2, 0.25) is 5.82 Å². The molecule has 1 heterocycles. The Morgan fingerprint density at radius 1 is 1.56 bits per heavy atom. The van der Waals surface area contributed by atoms with Crippen LogP contribution in [0, 0.1) is 17.0 Å². The summed E-state index contributed by atoms with van der Waals surface area (Å²) in [5.41, 5.74) is 0.167. The Balaban J connectivity index is 3.33. The van der Waals surface area contributed by atoms with Crippen LogP contribution in [-0.2, 0) is 11.3 Å². The molecule has 0 bridgehead atoms. The summed E-state index contributed by atoms with van der Waals surface area (Å²) in [6.45, 7) is 5.60. The van der Waals surface area contributed by atoms with E-state index in [0.29, 0.717) is 18.8 Å². The minimum atomic E-state index is -1.03. The van der Waals surface area contributed by atoms with Gasteiger partial charge in [0, 0.05) is 13.1 Å². The molecule has 0 amide bonds. The van der Waals surface area contributed by atoms with Crippen LogP contribution in [0.25, 0.3) is 0 Å². The van der Waals surface area contributed by atoms with Crippen LogP contribution < -0.4 is 4.90 Å². The number of aliphatic carboxylic acids is 1. The maximum Gasteiger partial charge on any atom is 0.333 e. The molecule has 1 N–H and O–H groups in total. The van der Waals surface area contributed by atoms with Crippen molar-refractivity contribution in [1.82, 2.24) is 9.78 Å². The van der Waals surface area contributed by atoms with Crippen molar-refractivity contribution >= 4 is 17.5 Å². The van der Waals surface area contributed by atoms with Gasteiger partial charge in [0.15, 0.2) is 0 Å². The zero-order valence-corrected chi connectivity index (χ0v) is 10.6. The number of aromatic nitrogens is 2. The smallest absolute Gasteiger partial charge is 0.333 e. The molecule has 18 heavy (non-hydrogen) atoms. The van der Waals surface area contributed by atoms with E-state index >= 15 is 0 Å². The Morgan fingerprint density at radius 2 is 2.17 bits per heavy atom. The molecule has 0 aromatic carbocycles. The molecule has 0 spiro atoms. The van der Waals surface area contributed by atoms with Gasteiger partial charge in [-0.15, -0.1) is 0 Å². The number of carboxylic acid groups (broad SMARTS) is 1. The number of aryl methyl sites for hydroxylation is 2. The van der Waals surface area contributed by atoms with Gasteiger partial charge in [-0.25, -0.2) is 4.68 Å². The van der Waals surface area contributed by atoms with Gasteiger partial charge in [-0.3, -0.25) is 14.9 Å². The summed E-state index contributed by atoms with van der Waals surface area (Å²) in [7, 11) is 0. The van der Waals surface area contributed by atoms with Crippen LogP contribution in [0.2, 0.25) is 0 Å². The van der Waals surface area contributed by atoms with Gasteiger partial charge in [-0.05, 0) is 20.8 Å². The van der Waals surface area contributed by atoms with Gasteiger partial charge < -0.3 is 10.0 Å². The van der Waals surface area contributed by atoms with Crippen molar-refractivity contribution in [2.24, 2.45) is 0 Å². The molecule has 1 aromatic heterocycles. The number of likely N-dealkylation sites (N-methyl/N-ethyl adjacent to an activating group) is 1. The highest BCUT2D eigenvalue weighted by molar-refractivity contribution is 5.75. The number of nitro groups is 1. The van der Waals surface area contributed by atoms with Crippen LogP contribution in [0.5, 0.6) is 0 Å². The molecule has 0 saturated carbocycles. The van der Waals surface area contributed by atoms with Gasteiger partial charge in [-0.2, -0.15) is 5.10 Å². The van der Waals surface area contributed by atoms with Crippen LogP contribution in [0.3, 0.4) is 0 Å².